The molecular weight excluding hydrogens is 498 g/mol. The van der Waals surface area contributed by atoms with Crippen LogP contribution in [0.4, 0.5) is 0 Å². The maximum atomic E-state index is 4.83. The van der Waals surface area contributed by atoms with Crippen LogP contribution in [0.15, 0.2) is 140 Å². The number of hydrogen-bond donors (Lipinski definition) is 0. The molecule has 41 heavy (non-hydrogen) atoms. The number of rotatable bonds is 2. The summed E-state index contributed by atoms with van der Waals surface area (Å²) < 4.78 is 2.41. The van der Waals surface area contributed by atoms with Crippen LogP contribution in [0.2, 0.25) is 0 Å². The molecule has 0 aliphatic heterocycles. The van der Waals surface area contributed by atoms with Gasteiger partial charge >= 0.3 is 0 Å². The highest BCUT2D eigenvalue weighted by Crippen LogP contribution is 2.40. The summed E-state index contributed by atoms with van der Waals surface area (Å²) in [6, 6.07) is 45.7. The second-order valence-electron chi connectivity index (χ2n) is 10.6. The summed E-state index contributed by atoms with van der Waals surface area (Å²) in [4.78, 5) is 9.62. The molecule has 3 heteroatoms. The Morgan fingerprint density at radius 1 is 0.439 bits per heavy atom. The van der Waals surface area contributed by atoms with Gasteiger partial charge in [-0.15, -0.1) is 0 Å². The summed E-state index contributed by atoms with van der Waals surface area (Å²) in [5.74, 6) is 0. The van der Waals surface area contributed by atoms with Crippen molar-refractivity contribution in [1.82, 2.24) is 14.5 Å². The standard InChI is InChI=1S/C38H23N3/c1-2-13-32-30(11-1)31-23-28(29-12-3-7-24-15-17-26-9-5-21-39-37(26)35(24)29)19-20-33(31)41(32)34-14-4-8-25-16-18-27-10-6-22-40-38(27)36(25)34/h1-23H. The third kappa shape index (κ3) is 3.20. The molecule has 3 aromatic heterocycles. The first kappa shape index (κ1) is 22.3. The zero-order chi connectivity index (χ0) is 26.9. The van der Waals surface area contributed by atoms with E-state index in [1.54, 1.807) is 0 Å². The molecule has 0 amide bonds. The van der Waals surface area contributed by atoms with Gasteiger partial charge in [0, 0.05) is 44.7 Å². The molecule has 190 valence electrons. The summed E-state index contributed by atoms with van der Waals surface area (Å²) in [6.07, 6.45) is 3.78. The fraction of sp³-hybridized carbons (Fsp3) is 0. The molecule has 9 aromatic rings. The first-order valence-electron chi connectivity index (χ1n) is 13.9. The number of hydrogen-bond acceptors (Lipinski definition) is 2. The van der Waals surface area contributed by atoms with Crippen LogP contribution in [-0.2, 0) is 0 Å². The lowest BCUT2D eigenvalue weighted by Gasteiger charge is -2.14. The molecular formula is C38H23N3. The van der Waals surface area contributed by atoms with E-state index in [1.807, 2.05) is 24.5 Å². The summed E-state index contributed by atoms with van der Waals surface area (Å²) in [7, 11) is 0. The molecule has 9 rings (SSSR count). The molecule has 0 aliphatic rings. The monoisotopic (exact) mass is 521 g/mol. The van der Waals surface area contributed by atoms with Crippen molar-refractivity contribution in [3.8, 4) is 16.8 Å². The van der Waals surface area contributed by atoms with Crippen molar-refractivity contribution in [3.63, 3.8) is 0 Å². The van der Waals surface area contributed by atoms with Crippen molar-refractivity contribution in [2.45, 2.75) is 0 Å². The number of pyridine rings is 2. The third-order valence-electron chi connectivity index (χ3n) is 8.43. The molecule has 0 bridgehead atoms. The van der Waals surface area contributed by atoms with Crippen LogP contribution in [0.5, 0.6) is 0 Å². The average Bonchev–Trinajstić information content (AvgIpc) is 3.37. The number of fused-ring (bicyclic) bond motifs is 9. The van der Waals surface area contributed by atoms with Gasteiger partial charge in [0.25, 0.3) is 0 Å². The summed E-state index contributed by atoms with van der Waals surface area (Å²) in [6.45, 7) is 0. The first-order chi connectivity index (χ1) is 20.3. The Morgan fingerprint density at radius 3 is 1.88 bits per heavy atom. The zero-order valence-corrected chi connectivity index (χ0v) is 22.1. The summed E-state index contributed by atoms with van der Waals surface area (Å²) in [5, 5.41) is 9.52. The molecule has 0 unspecified atom stereocenters. The van der Waals surface area contributed by atoms with Crippen LogP contribution in [0.3, 0.4) is 0 Å². The summed E-state index contributed by atoms with van der Waals surface area (Å²) in [5.41, 5.74) is 7.96. The van der Waals surface area contributed by atoms with Crippen molar-refractivity contribution < 1.29 is 0 Å². The highest BCUT2D eigenvalue weighted by molar-refractivity contribution is 6.17. The van der Waals surface area contributed by atoms with Crippen LogP contribution < -0.4 is 0 Å². The quantitative estimate of drug-likeness (QED) is 0.212. The molecule has 0 spiro atoms. The molecule has 0 atom stereocenters. The molecule has 0 radical (unpaired) electrons. The van der Waals surface area contributed by atoms with Gasteiger partial charge in [-0.25, -0.2) is 0 Å². The second-order valence-corrected chi connectivity index (χ2v) is 10.6. The van der Waals surface area contributed by atoms with E-state index in [0.717, 1.165) is 27.5 Å². The van der Waals surface area contributed by atoms with Crippen LogP contribution in [0.1, 0.15) is 0 Å². The van der Waals surface area contributed by atoms with E-state index < -0.39 is 0 Å². The van der Waals surface area contributed by atoms with Crippen molar-refractivity contribution >= 4 is 65.2 Å². The van der Waals surface area contributed by atoms with E-state index in [1.165, 1.54) is 54.5 Å². The van der Waals surface area contributed by atoms with Gasteiger partial charge in [-0.3, -0.25) is 9.97 Å². The normalized spacial score (nSPS) is 11.9. The predicted molar refractivity (Wildman–Crippen MR) is 172 cm³/mol. The minimum Gasteiger partial charge on any atom is -0.309 e. The third-order valence-corrected chi connectivity index (χ3v) is 8.43. The van der Waals surface area contributed by atoms with Crippen molar-refractivity contribution in [2.75, 3.05) is 0 Å². The smallest absolute Gasteiger partial charge is 0.0801 e. The lowest BCUT2D eigenvalue weighted by Crippen LogP contribution is -1.96. The summed E-state index contributed by atoms with van der Waals surface area (Å²) >= 11 is 0. The zero-order valence-electron chi connectivity index (χ0n) is 22.1. The van der Waals surface area contributed by atoms with Crippen LogP contribution in [0.25, 0.3) is 82.0 Å². The minimum absolute atomic E-state index is 1.03. The van der Waals surface area contributed by atoms with E-state index in [-0.39, 0.29) is 0 Å². The lowest BCUT2D eigenvalue weighted by molar-refractivity contribution is 1.20. The van der Waals surface area contributed by atoms with E-state index in [4.69, 9.17) is 9.97 Å². The van der Waals surface area contributed by atoms with Crippen molar-refractivity contribution in [1.29, 1.82) is 0 Å². The number of aromatic nitrogens is 3. The lowest BCUT2D eigenvalue weighted by atomic mass is 9.95. The predicted octanol–water partition coefficient (Wildman–Crippen LogP) is 9.85. The second kappa shape index (κ2) is 8.48. The van der Waals surface area contributed by atoms with Gasteiger partial charge in [-0.2, -0.15) is 0 Å². The molecule has 0 N–H and O–H groups in total. The van der Waals surface area contributed by atoms with Gasteiger partial charge in [0.05, 0.1) is 27.8 Å². The van der Waals surface area contributed by atoms with Gasteiger partial charge in [-0.1, -0.05) is 91.0 Å². The number of para-hydroxylation sites is 1. The number of benzene rings is 6. The largest absolute Gasteiger partial charge is 0.309 e. The van der Waals surface area contributed by atoms with Gasteiger partial charge in [-0.05, 0) is 58.3 Å². The highest BCUT2D eigenvalue weighted by atomic mass is 15.0. The Labute approximate surface area is 235 Å². The van der Waals surface area contributed by atoms with E-state index in [2.05, 4.69) is 120 Å². The fourth-order valence-electron chi connectivity index (χ4n) is 6.64. The minimum atomic E-state index is 1.03. The SMILES string of the molecule is c1cnc2c(c1)ccc1cccc(-c3ccc4c(c3)c3ccccc3n4-c3cccc4ccc5cccnc5c34)c12. The van der Waals surface area contributed by atoms with E-state index in [0.29, 0.717) is 0 Å². The molecule has 3 heterocycles. The molecule has 0 saturated carbocycles. The Bertz CT molecular complexity index is 2490. The molecule has 0 aliphatic carbocycles. The number of nitrogens with zero attached hydrogens (tertiary/aromatic N) is 3. The average molecular weight is 522 g/mol. The Hall–Kier alpha value is -5.54. The Balaban J connectivity index is 1.38. The maximum absolute atomic E-state index is 4.83. The van der Waals surface area contributed by atoms with Gasteiger partial charge in [0.2, 0.25) is 0 Å². The molecule has 3 nitrogen and oxygen atoms in total. The molecule has 0 fully saturated rings. The van der Waals surface area contributed by atoms with Crippen LogP contribution in [-0.4, -0.2) is 14.5 Å². The van der Waals surface area contributed by atoms with E-state index in [9.17, 15) is 0 Å². The van der Waals surface area contributed by atoms with Gasteiger partial charge in [0.15, 0.2) is 0 Å². The maximum Gasteiger partial charge on any atom is 0.0801 e. The van der Waals surface area contributed by atoms with Gasteiger partial charge < -0.3 is 4.57 Å². The first-order valence-corrected chi connectivity index (χ1v) is 13.9. The fourth-order valence-corrected chi connectivity index (χ4v) is 6.64. The van der Waals surface area contributed by atoms with Crippen molar-refractivity contribution in [2.24, 2.45) is 0 Å². The topological polar surface area (TPSA) is 30.7 Å². The highest BCUT2D eigenvalue weighted by Gasteiger charge is 2.17. The Kier molecular flexibility index (Phi) is 4.61. The van der Waals surface area contributed by atoms with E-state index >= 15 is 0 Å². The van der Waals surface area contributed by atoms with Crippen LogP contribution in [0, 0.1) is 0 Å². The van der Waals surface area contributed by atoms with Crippen molar-refractivity contribution in [3.05, 3.63) is 140 Å². The Morgan fingerprint density at radius 2 is 1.07 bits per heavy atom. The van der Waals surface area contributed by atoms with Crippen LogP contribution >= 0.6 is 0 Å². The van der Waals surface area contributed by atoms with Gasteiger partial charge in [0.1, 0.15) is 0 Å². The molecule has 6 aromatic carbocycles. The molecule has 0 saturated heterocycles.